The lowest BCUT2D eigenvalue weighted by atomic mass is 9.79. The largest absolute Gasteiger partial charge is 0.113 e. The maximum atomic E-state index is 5.73. The van der Waals surface area contributed by atoms with E-state index in [9.17, 15) is 0 Å². The van der Waals surface area contributed by atoms with Gasteiger partial charge in [-0.2, -0.15) is 0 Å². The molecule has 2 aromatic rings. The van der Waals surface area contributed by atoms with Gasteiger partial charge in [0.1, 0.15) is 15.7 Å². The van der Waals surface area contributed by atoms with Crippen LogP contribution >= 0.6 is 0 Å². The monoisotopic (exact) mass is 174 g/mol. The van der Waals surface area contributed by atoms with Crippen LogP contribution < -0.4 is 10.9 Å². The lowest BCUT2D eigenvalue weighted by Gasteiger charge is -2.05. The number of benzene rings is 2. The molecule has 0 fully saturated rings. The molecule has 2 heteroatoms. The molecule has 0 heterocycles. The van der Waals surface area contributed by atoms with Gasteiger partial charge in [0.2, 0.25) is 0 Å². The van der Waals surface area contributed by atoms with Crippen LogP contribution in [0.3, 0.4) is 0 Å². The Morgan fingerprint density at radius 1 is 0.643 bits per heavy atom. The minimum absolute atomic E-state index is 0.629. The Labute approximate surface area is 86.8 Å². The minimum atomic E-state index is 0.629. The van der Waals surface area contributed by atoms with Crippen molar-refractivity contribution in [2.75, 3.05) is 0 Å². The summed E-state index contributed by atoms with van der Waals surface area (Å²) in [4.78, 5) is 0. The van der Waals surface area contributed by atoms with Crippen molar-refractivity contribution in [1.82, 2.24) is 0 Å². The molecule has 62 valence electrons. The molecule has 0 aliphatic heterocycles. The zero-order valence-corrected chi connectivity index (χ0v) is 7.77. The van der Waals surface area contributed by atoms with Crippen LogP contribution in [0.25, 0.3) is 11.1 Å². The van der Waals surface area contributed by atoms with Crippen LogP contribution in [0.2, 0.25) is 0 Å². The number of rotatable bonds is 1. The van der Waals surface area contributed by atoms with Crippen molar-refractivity contribution in [2.24, 2.45) is 0 Å². The molecule has 0 bridgehead atoms. The normalized spacial score (nSPS) is 10.0. The van der Waals surface area contributed by atoms with E-state index in [1.165, 1.54) is 0 Å². The van der Waals surface area contributed by atoms with Crippen molar-refractivity contribution in [2.45, 2.75) is 0 Å². The summed E-state index contributed by atoms with van der Waals surface area (Å²) in [6.07, 6.45) is 0. The smallest absolute Gasteiger partial charge is 0.104 e. The summed E-state index contributed by atoms with van der Waals surface area (Å²) in [5.41, 5.74) is 3.51. The predicted molar refractivity (Wildman–Crippen MR) is 62.7 cm³/mol. The highest BCUT2D eigenvalue weighted by Crippen LogP contribution is 2.15. The highest BCUT2D eigenvalue weighted by molar-refractivity contribution is 6.48. The lowest BCUT2D eigenvalue weighted by Crippen LogP contribution is -2.24. The van der Waals surface area contributed by atoms with Gasteiger partial charge in [-0.1, -0.05) is 48.5 Å². The summed E-state index contributed by atoms with van der Waals surface area (Å²) in [5.74, 6) is 0. The van der Waals surface area contributed by atoms with Gasteiger partial charge in [0.15, 0.2) is 0 Å². The first kappa shape index (κ1) is 9.14. The summed E-state index contributed by atoms with van der Waals surface area (Å²) in [6, 6.07) is 15.8. The summed E-state index contributed by atoms with van der Waals surface area (Å²) >= 11 is 0. The van der Waals surface area contributed by atoms with Gasteiger partial charge in [0.25, 0.3) is 0 Å². The SMILES string of the molecule is [B]c1ccc(-c2ccccc2)cc1[B]. The Morgan fingerprint density at radius 2 is 1.36 bits per heavy atom. The van der Waals surface area contributed by atoms with E-state index in [1.54, 1.807) is 0 Å². The van der Waals surface area contributed by atoms with Crippen LogP contribution in [-0.2, 0) is 0 Å². The summed E-state index contributed by atoms with van der Waals surface area (Å²) < 4.78 is 0. The third kappa shape index (κ3) is 1.74. The fourth-order valence-corrected chi connectivity index (χ4v) is 1.38. The Morgan fingerprint density at radius 3 is 2.00 bits per heavy atom. The van der Waals surface area contributed by atoms with Crippen LogP contribution in [0.1, 0.15) is 0 Å². The van der Waals surface area contributed by atoms with Crippen molar-refractivity contribution < 1.29 is 0 Å². The second-order valence-corrected chi connectivity index (χ2v) is 3.21. The van der Waals surface area contributed by atoms with E-state index >= 15 is 0 Å². The molecule has 0 N–H and O–H groups in total. The Kier molecular flexibility index (Phi) is 2.45. The molecular weight excluding hydrogens is 166 g/mol. The third-order valence-corrected chi connectivity index (χ3v) is 2.19. The van der Waals surface area contributed by atoms with E-state index in [4.69, 9.17) is 15.7 Å². The Balaban J connectivity index is 2.48. The second-order valence-electron chi connectivity index (χ2n) is 3.21. The van der Waals surface area contributed by atoms with E-state index < -0.39 is 0 Å². The van der Waals surface area contributed by atoms with Crippen molar-refractivity contribution in [3.63, 3.8) is 0 Å². The van der Waals surface area contributed by atoms with E-state index in [-0.39, 0.29) is 0 Å². The predicted octanol–water partition coefficient (Wildman–Crippen LogP) is 0.941. The van der Waals surface area contributed by atoms with Crippen molar-refractivity contribution in [3.05, 3.63) is 48.5 Å². The molecule has 0 unspecified atom stereocenters. The maximum Gasteiger partial charge on any atom is 0.113 e. The second kappa shape index (κ2) is 3.75. The fraction of sp³-hybridized carbons (Fsp3) is 0. The molecule has 0 amide bonds. The molecule has 2 rings (SSSR count). The van der Waals surface area contributed by atoms with Gasteiger partial charge in [-0.3, -0.25) is 0 Å². The van der Waals surface area contributed by atoms with Crippen molar-refractivity contribution >= 4 is 26.6 Å². The molecular formula is C12H8B2. The number of hydrogen-bond acceptors (Lipinski definition) is 0. The van der Waals surface area contributed by atoms with Gasteiger partial charge in [0, 0.05) is 0 Å². The first-order valence-electron chi connectivity index (χ1n) is 4.48. The molecule has 0 aliphatic rings. The first-order valence-corrected chi connectivity index (χ1v) is 4.48. The van der Waals surface area contributed by atoms with E-state index in [0.717, 1.165) is 11.1 Å². The topological polar surface area (TPSA) is 0 Å². The van der Waals surface area contributed by atoms with Crippen LogP contribution in [0, 0.1) is 0 Å². The maximum absolute atomic E-state index is 5.73. The Bertz CT molecular complexity index is 435. The van der Waals surface area contributed by atoms with Gasteiger partial charge in [-0.25, -0.2) is 0 Å². The van der Waals surface area contributed by atoms with Crippen LogP contribution in [0.4, 0.5) is 0 Å². The molecule has 0 saturated heterocycles. The molecule has 0 aromatic heterocycles. The van der Waals surface area contributed by atoms with E-state index in [1.807, 2.05) is 48.5 Å². The number of hydrogen-bond donors (Lipinski definition) is 0. The summed E-state index contributed by atoms with van der Waals surface area (Å²) in [6.45, 7) is 0. The standard InChI is InChI=1S/C12H8B2/c13-11-7-6-10(8-12(11)14)9-4-2-1-3-5-9/h1-8H. The third-order valence-electron chi connectivity index (χ3n) is 2.19. The molecule has 0 atom stereocenters. The molecule has 0 aliphatic carbocycles. The molecule has 0 spiro atoms. The molecule has 14 heavy (non-hydrogen) atoms. The van der Waals surface area contributed by atoms with E-state index in [2.05, 4.69) is 0 Å². The zero-order chi connectivity index (χ0) is 9.97. The lowest BCUT2D eigenvalue weighted by molar-refractivity contribution is 1.65. The quantitative estimate of drug-likeness (QED) is 0.564. The fourth-order valence-electron chi connectivity index (χ4n) is 1.38. The molecule has 0 saturated carbocycles. The van der Waals surface area contributed by atoms with Gasteiger partial charge >= 0.3 is 0 Å². The van der Waals surface area contributed by atoms with E-state index in [0.29, 0.717) is 10.9 Å². The van der Waals surface area contributed by atoms with Gasteiger partial charge in [-0.05, 0) is 11.1 Å². The minimum Gasteiger partial charge on any atom is -0.104 e. The Hall–Kier alpha value is -1.43. The van der Waals surface area contributed by atoms with Gasteiger partial charge < -0.3 is 0 Å². The van der Waals surface area contributed by atoms with Gasteiger partial charge in [-0.15, -0.1) is 10.9 Å². The molecule has 0 nitrogen and oxygen atoms in total. The molecule has 2 aromatic carbocycles. The van der Waals surface area contributed by atoms with Gasteiger partial charge in [0.05, 0.1) is 0 Å². The summed E-state index contributed by atoms with van der Waals surface area (Å²) in [7, 11) is 11.4. The highest BCUT2D eigenvalue weighted by Gasteiger charge is 1.97. The first-order chi connectivity index (χ1) is 6.77. The van der Waals surface area contributed by atoms with Crippen LogP contribution in [-0.4, -0.2) is 15.7 Å². The van der Waals surface area contributed by atoms with Crippen molar-refractivity contribution in [1.29, 1.82) is 0 Å². The summed E-state index contributed by atoms with van der Waals surface area (Å²) in [5, 5.41) is 0. The zero-order valence-electron chi connectivity index (χ0n) is 7.77. The van der Waals surface area contributed by atoms with Crippen LogP contribution in [0.15, 0.2) is 48.5 Å². The van der Waals surface area contributed by atoms with Crippen LogP contribution in [0.5, 0.6) is 0 Å². The molecule has 4 radical (unpaired) electrons. The highest BCUT2D eigenvalue weighted by atomic mass is 14.0. The van der Waals surface area contributed by atoms with Crippen molar-refractivity contribution in [3.8, 4) is 11.1 Å². The average Bonchev–Trinajstić information content (AvgIpc) is 2.23. The average molecular weight is 174 g/mol.